The molecule has 3 rings (SSSR count). The molecule has 2 nitrogen and oxygen atoms in total. The summed E-state index contributed by atoms with van der Waals surface area (Å²) in [6, 6.07) is 31.9. The van der Waals surface area contributed by atoms with Crippen molar-refractivity contribution < 1.29 is 0 Å². The maximum absolute atomic E-state index is 4.84. The van der Waals surface area contributed by atoms with Gasteiger partial charge in [0, 0.05) is 25.4 Å². The van der Waals surface area contributed by atoms with E-state index >= 15 is 0 Å². The van der Waals surface area contributed by atoms with Gasteiger partial charge in [0.1, 0.15) is 0 Å². The van der Waals surface area contributed by atoms with Crippen molar-refractivity contribution >= 4 is 16.9 Å². The molecule has 0 atom stereocenters. The molecule has 138 valence electrons. The van der Waals surface area contributed by atoms with Crippen LogP contribution in [0.25, 0.3) is 0 Å². The summed E-state index contributed by atoms with van der Waals surface area (Å²) in [5, 5.41) is 1.11. The van der Waals surface area contributed by atoms with Gasteiger partial charge in [-0.2, -0.15) is 0 Å². The molecule has 0 saturated carbocycles. The first kappa shape index (κ1) is 19.2. The smallest absolute Gasteiger partial charge is 0.160 e. The molecule has 0 saturated heterocycles. The van der Waals surface area contributed by atoms with Crippen LogP contribution in [0, 0.1) is 0 Å². The van der Waals surface area contributed by atoms with Crippen LogP contribution in [0.1, 0.15) is 23.6 Å². The Morgan fingerprint density at radius 1 is 0.704 bits per heavy atom. The SMILES string of the molecule is CCN=C(SCc1ccccc1)N(Cc1ccccc1)Cc1ccccc1. The normalized spacial score (nSPS) is 11.4. The van der Waals surface area contributed by atoms with E-state index in [4.69, 9.17) is 4.99 Å². The molecule has 0 aromatic heterocycles. The van der Waals surface area contributed by atoms with Crippen LogP contribution in [0.4, 0.5) is 0 Å². The molecule has 0 N–H and O–H groups in total. The van der Waals surface area contributed by atoms with Crippen LogP contribution in [-0.4, -0.2) is 16.6 Å². The number of rotatable bonds is 7. The van der Waals surface area contributed by atoms with E-state index in [0.29, 0.717) is 0 Å². The maximum Gasteiger partial charge on any atom is 0.160 e. The summed E-state index contributed by atoms with van der Waals surface area (Å²) in [4.78, 5) is 7.23. The molecular weight excluding hydrogens is 348 g/mol. The Hall–Kier alpha value is -2.52. The van der Waals surface area contributed by atoms with E-state index in [-0.39, 0.29) is 0 Å². The van der Waals surface area contributed by atoms with Gasteiger partial charge in [-0.05, 0) is 23.6 Å². The zero-order valence-electron chi connectivity index (χ0n) is 15.8. The van der Waals surface area contributed by atoms with Gasteiger partial charge in [0.2, 0.25) is 0 Å². The van der Waals surface area contributed by atoms with Crippen LogP contribution in [0.2, 0.25) is 0 Å². The second-order valence-electron chi connectivity index (χ2n) is 6.36. The number of hydrogen-bond acceptors (Lipinski definition) is 2. The summed E-state index contributed by atoms with van der Waals surface area (Å²) in [6.45, 7) is 4.61. The molecule has 0 heterocycles. The van der Waals surface area contributed by atoms with E-state index in [1.54, 1.807) is 0 Å². The largest absolute Gasteiger partial charge is 0.343 e. The Morgan fingerprint density at radius 2 is 1.15 bits per heavy atom. The highest BCUT2D eigenvalue weighted by atomic mass is 32.2. The van der Waals surface area contributed by atoms with Crippen molar-refractivity contribution in [1.29, 1.82) is 0 Å². The van der Waals surface area contributed by atoms with Crippen molar-refractivity contribution in [3.05, 3.63) is 108 Å². The molecule has 3 heteroatoms. The van der Waals surface area contributed by atoms with Gasteiger partial charge in [0.15, 0.2) is 5.17 Å². The fraction of sp³-hybridized carbons (Fsp3) is 0.208. The Morgan fingerprint density at radius 3 is 1.59 bits per heavy atom. The Kier molecular flexibility index (Phi) is 7.55. The third-order valence-electron chi connectivity index (χ3n) is 4.21. The Balaban J connectivity index is 1.79. The molecule has 0 fully saturated rings. The van der Waals surface area contributed by atoms with Crippen LogP contribution in [-0.2, 0) is 18.8 Å². The van der Waals surface area contributed by atoms with Gasteiger partial charge in [0.05, 0.1) is 0 Å². The third kappa shape index (κ3) is 6.30. The average molecular weight is 375 g/mol. The molecular formula is C24H26N2S. The zero-order chi connectivity index (χ0) is 18.7. The van der Waals surface area contributed by atoms with Gasteiger partial charge in [-0.3, -0.25) is 4.99 Å². The van der Waals surface area contributed by atoms with Gasteiger partial charge in [-0.15, -0.1) is 0 Å². The summed E-state index contributed by atoms with van der Waals surface area (Å²) >= 11 is 1.82. The van der Waals surface area contributed by atoms with Gasteiger partial charge in [-0.25, -0.2) is 0 Å². The van der Waals surface area contributed by atoms with Crippen LogP contribution in [0.15, 0.2) is 96.0 Å². The number of thioether (sulfide) groups is 1. The lowest BCUT2D eigenvalue weighted by molar-refractivity contribution is 0.413. The molecule has 0 unspecified atom stereocenters. The molecule has 0 aliphatic carbocycles. The zero-order valence-corrected chi connectivity index (χ0v) is 16.6. The number of amidine groups is 1. The predicted molar refractivity (Wildman–Crippen MR) is 118 cm³/mol. The monoisotopic (exact) mass is 374 g/mol. The summed E-state index contributed by atoms with van der Waals surface area (Å²) < 4.78 is 0. The molecule has 3 aromatic carbocycles. The molecule has 0 spiro atoms. The van der Waals surface area contributed by atoms with E-state index < -0.39 is 0 Å². The number of aliphatic imine (C=N–C) groups is 1. The molecule has 0 amide bonds. The van der Waals surface area contributed by atoms with E-state index in [1.807, 2.05) is 11.8 Å². The quantitative estimate of drug-likeness (QED) is 0.372. The van der Waals surface area contributed by atoms with Crippen molar-refractivity contribution in [3.8, 4) is 0 Å². The van der Waals surface area contributed by atoms with E-state index in [0.717, 1.165) is 30.6 Å². The van der Waals surface area contributed by atoms with E-state index in [9.17, 15) is 0 Å². The van der Waals surface area contributed by atoms with Crippen molar-refractivity contribution in [1.82, 2.24) is 4.90 Å². The maximum atomic E-state index is 4.84. The van der Waals surface area contributed by atoms with Gasteiger partial charge in [-0.1, -0.05) is 103 Å². The summed E-state index contributed by atoms with van der Waals surface area (Å²) in [5.74, 6) is 0.930. The Labute approximate surface area is 167 Å². The number of nitrogens with zero attached hydrogens (tertiary/aromatic N) is 2. The number of benzene rings is 3. The highest BCUT2D eigenvalue weighted by Crippen LogP contribution is 2.21. The fourth-order valence-corrected chi connectivity index (χ4v) is 3.91. The van der Waals surface area contributed by atoms with Crippen LogP contribution < -0.4 is 0 Å². The first-order valence-corrected chi connectivity index (χ1v) is 10.4. The topological polar surface area (TPSA) is 15.6 Å². The second-order valence-corrected chi connectivity index (χ2v) is 7.30. The van der Waals surface area contributed by atoms with E-state index in [2.05, 4.69) is 103 Å². The average Bonchev–Trinajstić information content (AvgIpc) is 2.73. The minimum Gasteiger partial charge on any atom is -0.343 e. The fourth-order valence-electron chi connectivity index (χ4n) is 2.89. The van der Waals surface area contributed by atoms with Crippen molar-refractivity contribution in [3.63, 3.8) is 0 Å². The minimum absolute atomic E-state index is 0.789. The van der Waals surface area contributed by atoms with Crippen molar-refractivity contribution in [2.75, 3.05) is 6.54 Å². The van der Waals surface area contributed by atoms with Gasteiger partial charge >= 0.3 is 0 Å². The molecule has 0 bridgehead atoms. The molecule has 0 aliphatic rings. The highest BCUT2D eigenvalue weighted by Gasteiger charge is 2.14. The minimum atomic E-state index is 0.789. The standard InChI is InChI=1S/C24H26N2S/c1-2-25-24(27-20-23-16-10-5-11-17-23)26(18-21-12-6-3-7-13-21)19-22-14-8-4-9-15-22/h3-17H,2,18-20H2,1H3. The highest BCUT2D eigenvalue weighted by molar-refractivity contribution is 8.13. The lowest BCUT2D eigenvalue weighted by atomic mass is 10.2. The third-order valence-corrected chi connectivity index (χ3v) is 5.33. The number of hydrogen-bond donors (Lipinski definition) is 0. The summed E-state index contributed by atoms with van der Waals surface area (Å²) in [6.07, 6.45) is 0. The van der Waals surface area contributed by atoms with Crippen LogP contribution in [0.5, 0.6) is 0 Å². The molecule has 0 aliphatic heterocycles. The first-order chi connectivity index (χ1) is 13.3. The van der Waals surface area contributed by atoms with Crippen molar-refractivity contribution in [2.45, 2.75) is 25.8 Å². The predicted octanol–water partition coefficient (Wildman–Crippen LogP) is 6.00. The van der Waals surface area contributed by atoms with E-state index in [1.165, 1.54) is 16.7 Å². The molecule has 3 aromatic rings. The molecule has 0 radical (unpaired) electrons. The molecule has 27 heavy (non-hydrogen) atoms. The first-order valence-electron chi connectivity index (χ1n) is 9.39. The van der Waals surface area contributed by atoms with Crippen molar-refractivity contribution in [2.24, 2.45) is 4.99 Å². The lowest BCUT2D eigenvalue weighted by Crippen LogP contribution is -2.28. The lowest BCUT2D eigenvalue weighted by Gasteiger charge is -2.26. The van der Waals surface area contributed by atoms with Gasteiger partial charge < -0.3 is 4.90 Å². The van der Waals surface area contributed by atoms with Gasteiger partial charge in [0.25, 0.3) is 0 Å². The summed E-state index contributed by atoms with van der Waals surface area (Å²) in [5.41, 5.74) is 3.93. The van der Waals surface area contributed by atoms with Crippen LogP contribution >= 0.6 is 11.8 Å². The Bertz CT molecular complexity index is 775. The second kappa shape index (κ2) is 10.6. The van der Waals surface area contributed by atoms with Crippen LogP contribution in [0.3, 0.4) is 0 Å². The summed E-state index contributed by atoms with van der Waals surface area (Å²) in [7, 11) is 0.